The van der Waals surface area contributed by atoms with E-state index in [0.717, 1.165) is 193 Å². The third-order valence-corrected chi connectivity index (χ3v) is 17.9. The van der Waals surface area contributed by atoms with Crippen LogP contribution < -0.4 is 21.4 Å². The van der Waals surface area contributed by atoms with Crippen molar-refractivity contribution in [3.63, 3.8) is 0 Å². The van der Waals surface area contributed by atoms with Crippen LogP contribution in [-0.4, -0.2) is 42.8 Å². The van der Waals surface area contributed by atoms with Gasteiger partial charge in [-0.15, -0.1) is 0 Å². The fourth-order valence-electron chi connectivity index (χ4n) is 14.2. The van der Waals surface area contributed by atoms with Crippen LogP contribution in [0.4, 0.5) is 0 Å². The lowest BCUT2D eigenvalue weighted by atomic mass is 9.97. The molecule has 0 amide bonds. The van der Waals surface area contributed by atoms with E-state index >= 15 is 0 Å². The molecule has 0 spiro atoms. The highest BCUT2D eigenvalue weighted by atomic mass is 14.9. The number of rotatable bonds is 16. The van der Waals surface area contributed by atoms with Gasteiger partial charge in [-0.05, 0) is 240 Å². The topological polar surface area (TPSA) is 113 Å². The molecule has 9 heterocycles. The molecule has 8 heteroatoms. The summed E-state index contributed by atoms with van der Waals surface area (Å²) >= 11 is 0. The maximum Gasteiger partial charge on any atom is 0.0693 e. The Bertz CT molecular complexity index is 3320. The number of allylic oxidation sites excluding steroid dienone is 8. The number of nitrogens with zero attached hydrogens (tertiary/aromatic N) is 4. The molecule has 0 fully saturated rings. The Kier molecular flexibility index (Phi) is 18.0. The fourth-order valence-corrected chi connectivity index (χ4v) is 14.2. The van der Waals surface area contributed by atoms with E-state index in [2.05, 4.69) is 179 Å². The Balaban J connectivity index is 1.35. The van der Waals surface area contributed by atoms with Crippen LogP contribution in [0.1, 0.15) is 229 Å². The maximum absolute atomic E-state index is 5.56. The van der Waals surface area contributed by atoms with E-state index in [1.165, 1.54) is 89.1 Å². The molecule has 0 aromatic carbocycles. The van der Waals surface area contributed by atoms with Crippen LogP contribution >= 0.6 is 0 Å². The molecule has 4 N–H and O–H groups in total. The first kappa shape index (κ1) is 57.9. The van der Waals surface area contributed by atoms with Gasteiger partial charge in [0, 0.05) is 44.2 Å². The highest BCUT2D eigenvalue weighted by Gasteiger charge is 2.28. The number of aromatic nitrogens is 4. The van der Waals surface area contributed by atoms with Crippen LogP contribution in [0.2, 0.25) is 0 Å². The smallest absolute Gasteiger partial charge is 0.0693 e. The molecular weight excluding hydrogens is 977 g/mol. The Labute approximate surface area is 478 Å². The van der Waals surface area contributed by atoms with E-state index in [4.69, 9.17) is 20.0 Å². The molecule has 5 aliphatic rings. The van der Waals surface area contributed by atoms with Gasteiger partial charge in [0.2, 0.25) is 0 Å². The average molecular weight is 1070 g/mol. The van der Waals surface area contributed by atoms with Gasteiger partial charge in [-0.25, -0.2) is 20.0 Å². The number of fused-ring (bicyclic) bond motifs is 12. The zero-order valence-corrected chi connectivity index (χ0v) is 51.7. The molecule has 0 unspecified atom stereocenters. The summed E-state index contributed by atoms with van der Waals surface area (Å²) in [6.07, 6.45) is 33.4. The van der Waals surface area contributed by atoms with Crippen LogP contribution in [0.5, 0.6) is 0 Å². The summed E-state index contributed by atoms with van der Waals surface area (Å²) in [6, 6.07) is 0. The van der Waals surface area contributed by atoms with Gasteiger partial charge in [-0.3, -0.25) is 0 Å². The minimum atomic E-state index is 0.909. The highest BCUT2D eigenvalue weighted by Crippen LogP contribution is 2.39. The van der Waals surface area contributed by atoms with Crippen molar-refractivity contribution < 1.29 is 0 Å². The van der Waals surface area contributed by atoms with Crippen molar-refractivity contribution in [3.8, 4) is 0 Å². The second-order valence-electron chi connectivity index (χ2n) is 21.8. The molecule has 80 heavy (non-hydrogen) atoms. The zero-order chi connectivity index (χ0) is 57.1. The molecule has 16 bridgehead atoms. The first-order chi connectivity index (χ1) is 38.9. The number of hydrogen-bond donors (Lipinski definition) is 4. The summed E-state index contributed by atoms with van der Waals surface area (Å²) in [4.78, 5) is 38.1. The van der Waals surface area contributed by atoms with Gasteiger partial charge in [0.1, 0.15) is 0 Å². The zero-order valence-electron chi connectivity index (χ0n) is 51.7. The first-order valence-corrected chi connectivity index (χ1v) is 31.4. The number of nitrogens with one attached hydrogen (secondary N) is 4. The Hall–Kier alpha value is -6.80. The summed E-state index contributed by atoms with van der Waals surface area (Å²) in [5, 5.41) is 4.60. The largest absolute Gasteiger partial charge is 0.355 e. The molecule has 4 aromatic rings. The standard InChI is InChI=1S/C72H92N8/c1-17-41-42(18-2)58-34-60-45(21-5)46(22-6)62(75-60)36-64-49(25-9)50(26-10)66(77-64)38-68-53(29-13)54(30-14)70(79-68)40-72-56(32-16)55(31-15)71(80-72)39-69-52(28-12)51(27-11)67(78-69)37-65-48(24-8)47(23-7)63(76-65)35-61-44(20-4)43(19-3)59(74-61)33-57(41)73-58/h33-40,73,76-77,80H,17-32H2,1-16H3. The predicted octanol–water partition coefficient (Wildman–Crippen LogP) is 15.4. The Morgan fingerprint density at radius 2 is 0.400 bits per heavy atom. The molecule has 5 aliphatic heterocycles. The molecule has 0 saturated heterocycles. The molecule has 8 nitrogen and oxygen atoms in total. The Morgan fingerprint density at radius 3 is 0.562 bits per heavy atom. The van der Waals surface area contributed by atoms with E-state index in [0.29, 0.717) is 0 Å². The summed E-state index contributed by atoms with van der Waals surface area (Å²) in [6.45, 7) is 36.6. The molecule has 420 valence electrons. The van der Waals surface area contributed by atoms with Crippen molar-refractivity contribution in [2.45, 2.75) is 214 Å². The summed E-state index contributed by atoms with van der Waals surface area (Å²) in [5.41, 5.74) is 34.6. The molecule has 0 atom stereocenters. The minimum absolute atomic E-state index is 0.909. The van der Waals surface area contributed by atoms with Crippen LogP contribution in [-0.2, 0) is 51.4 Å². The van der Waals surface area contributed by atoms with E-state index in [-0.39, 0.29) is 0 Å². The highest BCUT2D eigenvalue weighted by molar-refractivity contribution is 6.26. The van der Waals surface area contributed by atoms with Gasteiger partial charge in [-0.1, -0.05) is 111 Å². The third kappa shape index (κ3) is 10.2. The fraction of sp³-hybridized carbons (Fsp3) is 0.444. The van der Waals surface area contributed by atoms with Gasteiger partial charge in [-0.2, -0.15) is 0 Å². The quantitative estimate of drug-likeness (QED) is 0.0857. The molecular formula is C72H92N8. The first-order valence-electron chi connectivity index (χ1n) is 31.4. The molecule has 0 aliphatic carbocycles. The number of hydrogen-bond acceptors (Lipinski definition) is 4. The number of H-pyrrole nitrogens is 4. The van der Waals surface area contributed by atoms with Gasteiger partial charge in [0.15, 0.2) is 0 Å². The van der Waals surface area contributed by atoms with E-state index in [1.54, 1.807) is 0 Å². The van der Waals surface area contributed by atoms with Crippen molar-refractivity contribution in [1.29, 1.82) is 0 Å². The summed E-state index contributed by atoms with van der Waals surface area (Å²) in [5.74, 6) is 0. The summed E-state index contributed by atoms with van der Waals surface area (Å²) in [7, 11) is 0. The van der Waals surface area contributed by atoms with Crippen LogP contribution in [0, 0.1) is 0 Å². The second-order valence-corrected chi connectivity index (χ2v) is 21.8. The van der Waals surface area contributed by atoms with Gasteiger partial charge < -0.3 is 19.9 Å². The van der Waals surface area contributed by atoms with Crippen molar-refractivity contribution in [2.75, 3.05) is 0 Å². The lowest BCUT2D eigenvalue weighted by molar-refractivity contribution is 1.04. The normalized spacial score (nSPS) is 16.6. The van der Waals surface area contributed by atoms with Crippen LogP contribution in [0.15, 0.2) is 87.3 Å². The van der Waals surface area contributed by atoms with E-state index in [1.807, 2.05) is 0 Å². The second kappa shape index (κ2) is 24.9. The van der Waals surface area contributed by atoms with Crippen LogP contribution in [0.25, 0.3) is 48.6 Å². The monoisotopic (exact) mass is 1070 g/mol. The number of aliphatic imine (C=N–C) groups is 4. The Morgan fingerprint density at radius 1 is 0.212 bits per heavy atom. The molecule has 9 rings (SSSR count). The predicted molar refractivity (Wildman–Crippen MR) is 347 cm³/mol. The molecule has 0 radical (unpaired) electrons. The molecule has 4 aromatic heterocycles. The average Bonchev–Trinajstić information content (AvgIpc) is 4.36. The van der Waals surface area contributed by atoms with Crippen molar-refractivity contribution in [1.82, 2.24) is 19.9 Å². The lowest BCUT2D eigenvalue weighted by Crippen LogP contribution is -2.16. The van der Waals surface area contributed by atoms with Crippen molar-refractivity contribution >= 4 is 71.5 Å². The van der Waals surface area contributed by atoms with Crippen molar-refractivity contribution in [3.05, 3.63) is 156 Å². The van der Waals surface area contributed by atoms with E-state index < -0.39 is 0 Å². The SMILES string of the molecule is CCC1=C(CC)C2=NC1=Cc1[nH]c(c(CC)c1CC)C=C1N=C(C=c3[nH]c(c(CC)c3CC)=CC3=NC(=Cc4[nH]c(c(CC)c4CC)C=C4N=C(C=c5[nH]c(c(CC)c5CC)=C2)C(CC)=C4CC)C(CC)=C3CC)C(CC)=C1CC. The van der Waals surface area contributed by atoms with Crippen molar-refractivity contribution in [2.24, 2.45) is 20.0 Å². The number of aromatic amines is 4. The minimum Gasteiger partial charge on any atom is -0.355 e. The van der Waals surface area contributed by atoms with Gasteiger partial charge in [0.05, 0.1) is 45.6 Å². The van der Waals surface area contributed by atoms with E-state index in [9.17, 15) is 0 Å². The lowest BCUT2D eigenvalue weighted by Gasteiger charge is -2.05. The van der Waals surface area contributed by atoms with Gasteiger partial charge in [0.25, 0.3) is 0 Å². The van der Waals surface area contributed by atoms with Gasteiger partial charge >= 0.3 is 0 Å². The third-order valence-electron chi connectivity index (χ3n) is 17.9. The molecule has 0 saturated carbocycles. The van der Waals surface area contributed by atoms with Crippen LogP contribution in [0.3, 0.4) is 0 Å². The maximum atomic E-state index is 5.56. The summed E-state index contributed by atoms with van der Waals surface area (Å²) < 4.78 is 0.